The van der Waals surface area contributed by atoms with Crippen LogP contribution in [0.1, 0.15) is 50.1 Å². The molecule has 0 aliphatic heterocycles. The minimum atomic E-state index is -0.632. The first-order valence-corrected chi connectivity index (χ1v) is 7.37. The van der Waals surface area contributed by atoms with E-state index in [1.807, 2.05) is 49.7 Å². The summed E-state index contributed by atoms with van der Waals surface area (Å²) in [5.41, 5.74) is 0.846. The fourth-order valence-corrected chi connectivity index (χ4v) is 2.33. The average molecular weight is 289 g/mol. The summed E-state index contributed by atoms with van der Waals surface area (Å²) < 4.78 is 6.98. The lowest BCUT2D eigenvalue weighted by Gasteiger charge is -2.21. The van der Waals surface area contributed by atoms with Crippen molar-refractivity contribution in [1.29, 1.82) is 0 Å². The molecule has 2 atom stereocenters. The molecule has 0 saturated carbocycles. The molecular weight excluding hydrogens is 266 g/mol. The summed E-state index contributed by atoms with van der Waals surface area (Å²) in [6.45, 7) is 6.04. The third kappa shape index (κ3) is 3.24. The molecule has 0 amide bonds. The van der Waals surface area contributed by atoms with Crippen LogP contribution in [0.4, 0.5) is 0 Å². The van der Waals surface area contributed by atoms with Crippen molar-refractivity contribution in [1.82, 2.24) is 14.8 Å². The second-order valence-electron chi connectivity index (χ2n) is 5.05. The van der Waals surface area contributed by atoms with Gasteiger partial charge in [0.2, 0.25) is 0 Å². The zero-order valence-corrected chi connectivity index (χ0v) is 13.1. The Morgan fingerprint density at radius 3 is 2.38 bits per heavy atom. The number of benzene rings is 1. The Balaban J connectivity index is 2.25. The first kappa shape index (κ1) is 15.5. The molecule has 2 aromatic rings. The lowest BCUT2D eigenvalue weighted by atomic mass is 10.0. The normalized spacial score (nSPS) is 14.0. The Bertz CT molecular complexity index is 578. The summed E-state index contributed by atoms with van der Waals surface area (Å²) in [4.78, 5) is 4.49. The van der Waals surface area contributed by atoms with Gasteiger partial charge in [0.25, 0.3) is 0 Å². The summed E-state index contributed by atoms with van der Waals surface area (Å²) in [5.74, 6) is 2.51. The van der Waals surface area contributed by atoms with Gasteiger partial charge in [-0.25, -0.2) is 9.67 Å². The highest BCUT2D eigenvalue weighted by atomic mass is 16.5. The van der Waals surface area contributed by atoms with Crippen LogP contribution in [0.15, 0.2) is 24.3 Å². The van der Waals surface area contributed by atoms with E-state index in [4.69, 9.17) is 4.74 Å². The average Bonchev–Trinajstić information content (AvgIpc) is 2.97. The van der Waals surface area contributed by atoms with Gasteiger partial charge in [-0.2, -0.15) is 5.10 Å². The van der Waals surface area contributed by atoms with Gasteiger partial charge in [-0.15, -0.1) is 0 Å². The Labute approximate surface area is 125 Å². The first-order chi connectivity index (χ1) is 10.1. The number of rotatable bonds is 6. The van der Waals surface area contributed by atoms with Crippen LogP contribution < -0.4 is 4.74 Å². The molecule has 5 nitrogen and oxygen atoms in total. The minimum Gasteiger partial charge on any atom is -0.497 e. The number of methoxy groups -OCH3 is 1. The Hall–Kier alpha value is -1.88. The molecule has 1 heterocycles. The molecule has 1 N–H and O–H groups in total. The highest BCUT2D eigenvalue weighted by molar-refractivity contribution is 5.28. The van der Waals surface area contributed by atoms with Crippen molar-refractivity contribution in [2.45, 2.75) is 45.8 Å². The molecule has 0 spiro atoms. The van der Waals surface area contributed by atoms with E-state index < -0.39 is 6.10 Å². The molecule has 114 valence electrons. The monoisotopic (exact) mass is 289 g/mol. The number of aryl methyl sites for hydroxylation is 2. The molecule has 0 saturated heterocycles. The van der Waals surface area contributed by atoms with Crippen molar-refractivity contribution >= 4 is 0 Å². The van der Waals surface area contributed by atoms with Gasteiger partial charge < -0.3 is 9.84 Å². The number of hydrogen-bond acceptors (Lipinski definition) is 4. The molecule has 2 rings (SSSR count). The van der Waals surface area contributed by atoms with Crippen molar-refractivity contribution in [2.75, 3.05) is 7.11 Å². The lowest BCUT2D eigenvalue weighted by molar-refractivity contribution is 0.113. The molecule has 2 unspecified atom stereocenters. The van der Waals surface area contributed by atoms with Crippen LogP contribution in [0, 0.1) is 0 Å². The Morgan fingerprint density at radius 2 is 1.86 bits per heavy atom. The highest BCUT2D eigenvalue weighted by Gasteiger charge is 2.22. The summed E-state index contributed by atoms with van der Waals surface area (Å²) in [5, 5.41) is 15.1. The molecule has 0 aliphatic rings. The predicted molar refractivity (Wildman–Crippen MR) is 81.4 cm³/mol. The van der Waals surface area contributed by atoms with E-state index in [1.54, 1.807) is 7.11 Å². The van der Waals surface area contributed by atoms with Crippen LogP contribution in [0.25, 0.3) is 0 Å². The van der Waals surface area contributed by atoms with Crippen LogP contribution in [0.5, 0.6) is 5.75 Å². The third-order valence-corrected chi connectivity index (χ3v) is 3.68. The van der Waals surface area contributed by atoms with Crippen LogP contribution in [0.3, 0.4) is 0 Å². The Kier molecular flexibility index (Phi) is 4.96. The summed E-state index contributed by atoms with van der Waals surface area (Å²) in [7, 11) is 1.63. The lowest BCUT2D eigenvalue weighted by Crippen LogP contribution is -2.18. The highest BCUT2D eigenvalue weighted by Crippen LogP contribution is 2.27. The van der Waals surface area contributed by atoms with Gasteiger partial charge in [0.1, 0.15) is 17.7 Å². The third-order valence-electron chi connectivity index (χ3n) is 3.68. The minimum absolute atomic E-state index is 0.166. The summed E-state index contributed by atoms with van der Waals surface area (Å²) in [6, 6.07) is 7.29. The second kappa shape index (κ2) is 6.72. The van der Waals surface area contributed by atoms with E-state index in [2.05, 4.69) is 10.1 Å². The molecule has 0 bridgehead atoms. The smallest absolute Gasteiger partial charge is 0.150 e. The summed E-state index contributed by atoms with van der Waals surface area (Å²) >= 11 is 0. The number of ether oxygens (including phenoxy) is 1. The summed E-state index contributed by atoms with van der Waals surface area (Å²) in [6.07, 6.45) is 0.963. The zero-order chi connectivity index (χ0) is 15.4. The molecule has 0 aliphatic carbocycles. The predicted octanol–water partition coefficient (Wildman–Crippen LogP) is 2.71. The Morgan fingerprint density at radius 1 is 1.19 bits per heavy atom. The maximum Gasteiger partial charge on any atom is 0.150 e. The van der Waals surface area contributed by atoms with Gasteiger partial charge in [0.15, 0.2) is 5.82 Å². The van der Waals surface area contributed by atoms with E-state index >= 15 is 0 Å². The molecule has 1 aromatic carbocycles. The van der Waals surface area contributed by atoms with Crippen LogP contribution in [0.2, 0.25) is 0 Å². The van der Waals surface area contributed by atoms with Crippen molar-refractivity contribution in [3.63, 3.8) is 0 Å². The first-order valence-electron chi connectivity index (χ1n) is 7.37. The zero-order valence-electron chi connectivity index (χ0n) is 13.1. The quantitative estimate of drug-likeness (QED) is 0.888. The van der Waals surface area contributed by atoms with Crippen molar-refractivity contribution in [2.24, 2.45) is 0 Å². The SMILES string of the molecule is CCc1nc(CC)n(C(C)C(O)c2ccc(OC)cc2)n1. The van der Waals surface area contributed by atoms with Crippen molar-refractivity contribution in [3.8, 4) is 5.75 Å². The van der Waals surface area contributed by atoms with Gasteiger partial charge >= 0.3 is 0 Å². The van der Waals surface area contributed by atoms with Gasteiger partial charge in [-0.1, -0.05) is 26.0 Å². The van der Waals surface area contributed by atoms with E-state index in [9.17, 15) is 5.11 Å². The number of aliphatic hydroxyl groups excluding tert-OH is 1. The van der Waals surface area contributed by atoms with Crippen LogP contribution >= 0.6 is 0 Å². The largest absolute Gasteiger partial charge is 0.497 e. The molecular formula is C16H23N3O2. The van der Waals surface area contributed by atoms with Gasteiger partial charge in [0.05, 0.1) is 13.2 Å². The second-order valence-corrected chi connectivity index (χ2v) is 5.05. The standard InChI is InChI=1S/C16H23N3O2/c1-5-14-17-15(6-2)19(18-14)11(3)16(20)12-7-9-13(21-4)10-8-12/h7-11,16,20H,5-6H2,1-4H3. The van der Waals surface area contributed by atoms with E-state index in [-0.39, 0.29) is 6.04 Å². The van der Waals surface area contributed by atoms with Gasteiger partial charge in [-0.05, 0) is 24.6 Å². The molecule has 0 radical (unpaired) electrons. The molecule has 1 aromatic heterocycles. The fraction of sp³-hybridized carbons (Fsp3) is 0.500. The number of aliphatic hydroxyl groups is 1. The fourth-order valence-electron chi connectivity index (χ4n) is 2.33. The van der Waals surface area contributed by atoms with Crippen molar-refractivity contribution in [3.05, 3.63) is 41.5 Å². The van der Waals surface area contributed by atoms with E-state index in [0.717, 1.165) is 35.8 Å². The molecule has 21 heavy (non-hydrogen) atoms. The maximum absolute atomic E-state index is 10.6. The van der Waals surface area contributed by atoms with Crippen molar-refractivity contribution < 1.29 is 9.84 Å². The maximum atomic E-state index is 10.6. The van der Waals surface area contributed by atoms with Gasteiger partial charge in [0, 0.05) is 12.8 Å². The van der Waals surface area contributed by atoms with Gasteiger partial charge in [-0.3, -0.25) is 0 Å². The number of nitrogens with zero attached hydrogens (tertiary/aromatic N) is 3. The van der Waals surface area contributed by atoms with E-state index in [0.29, 0.717) is 0 Å². The number of hydrogen-bond donors (Lipinski definition) is 1. The molecule has 5 heteroatoms. The van der Waals surface area contributed by atoms with E-state index in [1.165, 1.54) is 0 Å². The van der Waals surface area contributed by atoms with Crippen LogP contribution in [-0.2, 0) is 12.8 Å². The topological polar surface area (TPSA) is 60.2 Å². The number of aromatic nitrogens is 3. The molecule has 0 fully saturated rings. The van der Waals surface area contributed by atoms with Crippen LogP contribution in [-0.4, -0.2) is 27.0 Å².